The molecule has 1 heterocycles. The number of hydrogen-bond acceptors (Lipinski definition) is 3. The van der Waals surface area contributed by atoms with Gasteiger partial charge in [-0.2, -0.15) is 4.31 Å². The van der Waals surface area contributed by atoms with Gasteiger partial charge in [0.2, 0.25) is 10.0 Å². The van der Waals surface area contributed by atoms with Crippen LogP contribution in [0.15, 0.2) is 41.3 Å². The summed E-state index contributed by atoms with van der Waals surface area (Å²) in [6.45, 7) is 1.15. The van der Waals surface area contributed by atoms with E-state index in [0.717, 1.165) is 18.4 Å². The SMILES string of the molecule is O=S(=O)(c1ccc(CCCO)cc1)N1CC=CCC1. The maximum Gasteiger partial charge on any atom is 0.243 e. The molecule has 104 valence electrons. The minimum Gasteiger partial charge on any atom is -0.396 e. The average molecular weight is 281 g/mol. The quantitative estimate of drug-likeness (QED) is 0.833. The van der Waals surface area contributed by atoms with E-state index < -0.39 is 10.0 Å². The molecule has 1 aromatic carbocycles. The van der Waals surface area contributed by atoms with E-state index in [0.29, 0.717) is 24.4 Å². The van der Waals surface area contributed by atoms with E-state index in [1.54, 1.807) is 12.1 Å². The zero-order chi connectivity index (χ0) is 13.7. The molecule has 0 radical (unpaired) electrons. The Morgan fingerprint density at radius 1 is 1.16 bits per heavy atom. The van der Waals surface area contributed by atoms with Gasteiger partial charge in [0.15, 0.2) is 0 Å². The highest BCUT2D eigenvalue weighted by Gasteiger charge is 2.23. The number of aliphatic hydroxyl groups is 1. The van der Waals surface area contributed by atoms with Gasteiger partial charge < -0.3 is 5.11 Å². The second kappa shape index (κ2) is 6.32. The van der Waals surface area contributed by atoms with Crippen molar-refractivity contribution in [2.75, 3.05) is 19.7 Å². The molecular formula is C14H19NO3S. The lowest BCUT2D eigenvalue weighted by atomic mass is 10.1. The van der Waals surface area contributed by atoms with Crippen LogP contribution in [-0.2, 0) is 16.4 Å². The van der Waals surface area contributed by atoms with Crippen LogP contribution in [0.2, 0.25) is 0 Å². The highest BCUT2D eigenvalue weighted by atomic mass is 32.2. The molecule has 0 fully saturated rings. The zero-order valence-electron chi connectivity index (χ0n) is 10.8. The predicted octanol–water partition coefficient (Wildman–Crippen LogP) is 1.56. The molecule has 4 nitrogen and oxygen atoms in total. The van der Waals surface area contributed by atoms with Crippen LogP contribution in [0.25, 0.3) is 0 Å². The van der Waals surface area contributed by atoms with Crippen LogP contribution < -0.4 is 0 Å². The summed E-state index contributed by atoms with van der Waals surface area (Å²) >= 11 is 0. The van der Waals surface area contributed by atoms with Crippen molar-refractivity contribution >= 4 is 10.0 Å². The summed E-state index contributed by atoms with van der Waals surface area (Å²) in [5, 5.41) is 8.77. The largest absolute Gasteiger partial charge is 0.396 e. The van der Waals surface area contributed by atoms with E-state index in [2.05, 4.69) is 0 Å². The number of sulfonamides is 1. The van der Waals surface area contributed by atoms with E-state index in [1.807, 2.05) is 24.3 Å². The van der Waals surface area contributed by atoms with Crippen molar-refractivity contribution in [3.63, 3.8) is 0 Å². The fourth-order valence-electron chi connectivity index (χ4n) is 2.10. The van der Waals surface area contributed by atoms with Gasteiger partial charge in [0.1, 0.15) is 0 Å². The van der Waals surface area contributed by atoms with Gasteiger partial charge in [-0.15, -0.1) is 0 Å². The summed E-state index contributed by atoms with van der Waals surface area (Å²) in [7, 11) is -3.37. The number of aliphatic hydroxyl groups excluding tert-OH is 1. The maximum atomic E-state index is 12.4. The van der Waals surface area contributed by atoms with Crippen LogP contribution in [0, 0.1) is 0 Å². The molecule has 0 spiro atoms. The summed E-state index contributed by atoms with van der Waals surface area (Å²) in [6, 6.07) is 6.95. The lowest BCUT2D eigenvalue weighted by Gasteiger charge is -2.22. The predicted molar refractivity (Wildman–Crippen MR) is 74.4 cm³/mol. The highest BCUT2D eigenvalue weighted by molar-refractivity contribution is 7.89. The van der Waals surface area contributed by atoms with Gasteiger partial charge in [-0.1, -0.05) is 24.3 Å². The third-order valence-corrected chi connectivity index (χ3v) is 5.08. The first kappa shape index (κ1) is 14.2. The van der Waals surface area contributed by atoms with Crippen molar-refractivity contribution in [3.05, 3.63) is 42.0 Å². The molecule has 0 unspecified atom stereocenters. The summed E-state index contributed by atoms with van der Waals surface area (Å²) in [5.41, 5.74) is 1.05. The first-order chi connectivity index (χ1) is 9.14. The molecule has 0 bridgehead atoms. The second-order valence-corrected chi connectivity index (χ2v) is 6.53. The standard InChI is InChI=1S/C14H19NO3S/c16-12-4-5-13-6-8-14(9-7-13)19(17,18)15-10-2-1-3-11-15/h1-2,6-9,16H,3-5,10-12H2. The topological polar surface area (TPSA) is 57.6 Å². The van der Waals surface area contributed by atoms with E-state index in [-0.39, 0.29) is 6.61 Å². The molecule has 0 aliphatic carbocycles. The van der Waals surface area contributed by atoms with Crippen molar-refractivity contribution in [1.82, 2.24) is 4.31 Å². The highest BCUT2D eigenvalue weighted by Crippen LogP contribution is 2.19. The Hall–Kier alpha value is -1.17. The lowest BCUT2D eigenvalue weighted by molar-refractivity contribution is 0.288. The van der Waals surface area contributed by atoms with Gasteiger partial charge in [0, 0.05) is 19.7 Å². The van der Waals surface area contributed by atoms with Crippen molar-refractivity contribution < 1.29 is 13.5 Å². The molecule has 0 amide bonds. The van der Waals surface area contributed by atoms with E-state index in [9.17, 15) is 8.42 Å². The molecule has 1 aliphatic rings. The van der Waals surface area contributed by atoms with Crippen LogP contribution in [0.4, 0.5) is 0 Å². The Labute approximate surface area is 114 Å². The number of rotatable bonds is 5. The van der Waals surface area contributed by atoms with Gasteiger partial charge in [-0.3, -0.25) is 0 Å². The summed E-state index contributed by atoms with van der Waals surface area (Å²) in [5.74, 6) is 0. The molecular weight excluding hydrogens is 262 g/mol. The summed E-state index contributed by atoms with van der Waals surface area (Å²) < 4.78 is 26.2. The van der Waals surface area contributed by atoms with Gasteiger partial charge in [0.05, 0.1) is 4.90 Å². The number of aryl methyl sites for hydroxylation is 1. The molecule has 1 aromatic rings. The molecule has 0 saturated heterocycles. The van der Waals surface area contributed by atoms with E-state index in [4.69, 9.17) is 5.11 Å². The monoisotopic (exact) mass is 281 g/mol. The average Bonchev–Trinajstić information content (AvgIpc) is 2.46. The normalized spacial score (nSPS) is 16.7. The van der Waals surface area contributed by atoms with Crippen molar-refractivity contribution in [2.45, 2.75) is 24.2 Å². The first-order valence-corrected chi connectivity index (χ1v) is 7.93. The van der Waals surface area contributed by atoms with Crippen LogP contribution in [0.1, 0.15) is 18.4 Å². The fourth-order valence-corrected chi connectivity index (χ4v) is 3.50. The Bertz CT molecular complexity index is 534. The number of hydrogen-bond donors (Lipinski definition) is 1. The van der Waals surface area contributed by atoms with Crippen molar-refractivity contribution in [2.24, 2.45) is 0 Å². The third-order valence-electron chi connectivity index (χ3n) is 3.21. The maximum absolute atomic E-state index is 12.4. The third kappa shape index (κ3) is 3.43. The summed E-state index contributed by atoms with van der Waals surface area (Å²) in [4.78, 5) is 0.343. The Kier molecular flexibility index (Phi) is 4.74. The van der Waals surface area contributed by atoms with Gasteiger partial charge in [0.25, 0.3) is 0 Å². The van der Waals surface area contributed by atoms with Gasteiger partial charge in [-0.05, 0) is 37.0 Å². The smallest absolute Gasteiger partial charge is 0.243 e. The zero-order valence-corrected chi connectivity index (χ0v) is 11.6. The minimum atomic E-state index is -3.37. The molecule has 19 heavy (non-hydrogen) atoms. The molecule has 0 aromatic heterocycles. The second-order valence-electron chi connectivity index (χ2n) is 4.59. The van der Waals surface area contributed by atoms with Crippen LogP contribution in [-0.4, -0.2) is 37.5 Å². The van der Waals surface area contributed by atoms with Crippen LogP contribution in [0.3, 0.4) is 0 Å². The number of benzene rings is 1. The summed E-state index contributed by atoms with van der Waals surface area (Å²) in [6.07, 6.45) is 6.13. The van der Waals surface area contributed by atoms with Crippen LogP contribution in [0.5, 0.6) is 0 Å². The van der Waals surface area contributed by atoms with E-state index in [1.165, 1.54) is 4.31 Å². The number of nitrogens with zero attached hydrogens (tertiary/aromatic N) is 1. The Morgan fingerprint density at radius 3 is 2.47 bits per heavy atom. The van der Waals surface area contributed by atoms with Gasteiger partial charge in [-0.25, -0.2) is 8.42 Å². The lowest BCUT2D eigenvalue weighted by Crippen LogP contribution is -2.33. The molecule has 0 saturated carbocycles. The molecule has 1 aliphatic heterocycles. The Balaban J connectivity index is 2.14. The molecule has 5 heteroatoms. The van der Waals surface area contributed by atoms with Crippen LogP contribution >= 0.6 is 0 Å². The molecule has 0 atom stereocenters. The van der Waals surface area contributed by atoms with Crippen molar-refractivity contribution in [1.29, 1.82) is 0 Å². The first-order valence-electron chi connectivity index (χ1n) is 6.49. The Morgan fingerprint density at radius 2 is 1.89 bits per heavy atom. The fraction of sp³-hybridized carbons (Fsp3) is 0.429. The molecule has 1 N–H and O–H groups in total. The van der Waals surface area contributed by atoms with E-state index >= 15 is 0 Å². The van der Waals surface area contributed by atoms with Crippen molar-refractivity contribution in [3.8, 4) is 0 Å². The minimum absolute atomic E-state index is 0.153. The molecule has 2 rings (SSSR count). The van der Waals surface area contributed by atoms with Gasteiger partial charge >= 0.3 is 0 Å².